The number of nitrogens with zero attached hydrogens (tertiary/aromatic N) is 4. The lowest BCUT2D eigenvalue weighted by atomic mass is 10.1. The van der Waals surface area contributed by atoms with Crippen molar-refractivity contribution in [3.63, 3.8) is 0 Å². The molecule has 2 atom stereocenters. The molecule has 0 aliphatic carbocycles. The number of aliphatic hydroxyl groups excluding tert-OH is 1. The van der Waals surface area contributed by atoms with Crippen LogP contribution in [0.25, 0.3) is 11.1 Å². The number of carbonyl (C=O) groups excluding carboxylic acids is 2. The van der Waals surface area contributed by atoms with Crippen molar-refractivity contribution >= 4 is 12.0 Å². The van der Waals surface area contributed by atoms with Gasteiger partial charge in [0.1, 0.15) is 5.60 Å². The highest BCUT2D eigenvalue weighted by Gasteiger charge is 2.39. The van der Waals surface area contributed by atoms with E-state index in [-0.39, 0.29) is 19.0 Å². The summed E-state index contributed by atoms with van der Waals surface area (Å²) in [5.41, 5.74) is 1.84. The molecule has 29 heavy (non-hydrogen) atoms. The van der Waals surface area contributed by atoms with Crippen molar-refractivity contribution in [2.24, 2.45) is 7.05 Å². The van der Waals surface area contributed by atoms with E-state index in [1.807, 2.05) is 25.4 Å². The van der Waals surface area contributed by atoms with Crippen LogP contribution < -0.4 is 0 Å². The van der Waals surface area contributed by atoms with Gasteiger partial charge in [0, 0.05) is 38.0 Å². The molecule has 8 heteroatoms. The number of ether oxygens (including phenoxy) is 1. The van der Waals surface area contributed by atoms with Gasteiger partial charge in [-0.05, 0) is 38.5 Å². The van der Waals surface area contributed by atoms with E-state index in [1.54, 1.807) is 50.8 Å². The molecule has 0 unspecified atom stereocenters. The van der Waals surface area contributed by atoms with E-state index in [2.05, 4.69) is 5.10 Å². The summed E-state index contributed by atoms with van der Waals surface area (Å²) >= 11 is 0. The molecule has 0 bridgehead atoms. The fourth-order valence-corrected chi connectivity index (χ4v) is 3.36. The van der Waals surface area contributed by atoms with E-state index < -0.39 is 23.8 Å². The van der Waals surface area contributed by atoms with Gasteiger partial charge in [-0.25, -0.2) is 4.79 Å². The van der Waals surface area contributed by atoms with Crippen molar-refractivity contribution in [1.82, 2.24) is 19.6 Å². The molecule has 8 nitrogen and oxygen atoms in total. The van der Waals surface area contributed by atoms with Crippen LogP contribution in [0.2, 0.25) is 0 Å². The zero-order valence-electron chi connectivity index (χ0n) is 17.5. The van der Waals surface area contributed by atoms with Crippen molar-refractivity contribution in [1.29, 1.82) is 0 Å². The van der Waals surface area contributed by atoms with Crippen LogP contribution >= 0.6 is 0 Å². The topological polar surface area (TPSA) is 87.9 Å². The second-order valence-electron chi connectivity index (χ2n) is 8.42. The Morgan fingerprint density at radius 1 is 1.17 bits per heavy atom. The van der Waals surface area contributed by atoms with E-state index in [0.717, 1.165) is 11.1 Å². The zero-order chi connectivity index (χ0) is 21.3. The highest BCUT2D eigenvalue weighted by atomic mass is 16.6. The highest BCUT2D eigenvalue weighted by Crippen LogP contribution is 2.22. The first kappa shape index (κ1) is 20.9. The minimum Gasteiger partial charge on any atom is -0.444 e. The van der Waals surface area contributed by atoms with Crippen LogP contribution in [-0.2, 0) is 11.8 Å². The summed E-state index contributed by atoms with van der Waals surface area (Å²) in [6.07, 6.45) is 2.36. The number of hydrogen-bond donors (Lipinski definition) is 1. The smallest absolute Gasteiger partial charge is 0.410 e. The Morgan fingerprint density at radius 2 is 1.83 bits per heavy atom. The predicted molar refractivity (Wildman–Crippen MR) is 108 cm³/mol. The van der Waals surface area contributed by atoms with Crippen molar-refractivity contribution in [3.8, 4) is 11.1 Å². The van der Waals surface area contributed by atoms with Crippen molar-refractivity contribution in [3.05, 3.63) is 42.2 Å². The summed E-state index contributed by atoms with van der Waals surface area (Å²) in [6.45, 7) is 5.74. The first-order chi connectivity index (χ1) is 13.5. The Balaban J connectivity index is 1.67. The first-order valence-electron chi connectivity index (χ1n) is 9.57. The van der Waals surface area contributed by atoms with Crippen LogP contribution in [0.3, 0.4) is 0 Å². The lowest BCUT2D eigenvalue weighted by Crippen LogP contribution is -2.44. The third kappa shape index (κ3) is 4.76. The number of aliphatic hydroxyl groups is 1. The van der Waals surface area contributed by atoms with Gasteiger partial charge in [0.05, 0.1) is 24.9 Å². The number of benzene rings is 1. The van der Waals surface area contributed by atoms with Gasteiger partial charge < -0.3 is 19.6 Å². The number of rotatable bonds is 3. The maximum atomic E-state index is 12.9. The van der Waals surface area contributed by atoms with Crippen molar-refractivity contribution < 1.29 is 19.4 Å². The number of aromatic nitrogens is 2. The van der Waals surface area contributed by atoms with E-state index in [4.69, 9.17) is 4.74 Å². The van der Waals surface area contributed by atoms with Gasteiger partial charge >= 0.3 is 6.09 Å². The molecule has 2 aromatic rings. The normalized spacial score (nSPS) is 19.3. The largest absolute Gasteiger partial charge is 0.444 e. The van der Waals surface area contributed by atoms with Crippen LogP contribution in [0.5, 0.6) is 0 Å². The number of aryl methyl sites for hydroxylation is 1. The van der Waals surface area contributed by atoms with E-state index in [0.29, 0.717) is 5.56 Å². The number of amides is 2. The molecule has 1 saturated heterocycles. The van der Waals surface area contributed by atoms with Gasteiger partial charge in [-0.1, -0.05) is 12.1 Å². The standard InChI is InChI=1S/C21H28N4O4/c1-21(2,3)29-20(28)25-12-17(18(26)13-25)24(5)19(27)15-8-6-14(7-9-15)16-10-22-23(4)11-16/h6-11,17-18,26H,12-13H2,1-5H3/t17-,18-/m1/s1. The zero-order valence-corrected chi connectivity index (χ0v) is 17.5. The minimum atomic E-state index is -0.828. The molecule has 1 fully saturated rings. The number of β-amino-alcohol motifs (C(OH)–C–C–N with tert-alkyl or cyclic N) is 1. The molecule has 3 rings (SSSR count). The van der Waals surface area contributed by atoms with Gasteiger partial charge in [-0.15, -0.1) is 0 Å². The summed E-state index contributed by atoms with van der Waals surface area (Å²) in [6, 6.07) is 6.77. The van der Waals surface area contributed by atoms with Crippen LogP contribution in [0, 0.1) is 0 Å². The third-order valence-electron chi connectivity index (χ3n) is 4.90. The molecular formula is C21H28N4O4. The van der Waals surface area contributed by atoms with Crippen LogP contribution in [0.15, 0.2) is 36.7 Å². The Labute approximate surface area is 170 Å². The van der Waals surface area contributed by atoms with Crippen LogP contribution in [0.4, 0.5) is 4.79 Å². The van der Waals surface area contributed by atoms with Crippen LogP contribution in [0.1, 0.15) is 31.1 Å². The fraction of sp³-hybridized carbons (Fsp3) is 0.476. The Morgan fingerprint density at radius 3 is 2.38 bits per heavy atom. The molecular weight excluding hydrogens is 372 g/mol. The molecule has 1 aliphatic rings. The molecule has 0 spiro atoms. The van der Waals surface area contributed by atoms with Crippen molar-refractivity contribution in [2.75, 3.05) is 20.1 Å². The molecule has 1 aliphatic heterocycles. The second-order valence-corrected chi connectivity index (χ2v) is 8.42. The van der Waals surface area contributed by atoms with E-state index in [9.17, 15) is 14.7 Å². The second kappa shape index (κ2) is 7.87. The fourth-order valence-electron chi connectivity index (χ4n) is 3.36. The number of hydrogen-bond acceptors (Lipinski definition) is 5. The number of likely N-dealkylation sites (N-methyl/N-ethyl adjacent to an activating group) is 1. The predicted octanol–water partition coefficient (Wildman–Crippen LogP) is 2.14. The summed E-state index contributed by atoms with van der Waals surface area (Å²) in [5, 5.41) is 14.6. The van der Waals surface area contributed by atoms with Gasteiger partial charge in [-0.3, -0.25) is 9.48 Å². The van der Waals surface area contributed by atoms with E-state index in [1.165, 1.54) is 9.80 Å². The molecule has 1 N–H and O–H groups in total. The highest BCUT2D eigenvalue weighted by molar-refractivity contribution is 5.95. The first-order valence-corrected chi connectivity index (χ1v) is 9.57. The quantitative estimate of drug-likeness (QED) is 0.853. The summed E-state index contributed by atoms with van der Waals surface area (Å²) in [5.74, 6) is -0.210. The van der Waals surface area contributed by atoms with Gasteiger partial charge in [0.2, 0.25) is 0 Å². The molecule has 156 valence electrons. The molecule has 2 amide bonds. The molecule has 1 aromatic carbocycles. The average molecular weight is 400 g/mol. The SMILES string of the molecule is CN(C(=O)c1ccc(-c2cnn(C)c2)cc1)[C@@H]1CN(C(=O)OC(C)(C)C)C[C@H]1O. The average Bonchev–Trinajstić information content (AvgIpc) is 3.25. The summed E-state index contributed by atoms with van der Waals surface area (Å²) < 4.78 is 7.09. The Kier molecular flexibility index (Phi) is 5.66. The molecule has 1 aromatic heterocycles. The summed E-state index contributed by atoms with van der Waals surface area (Å²) in [7, 11) is 3.49. The Hall–Kier alpha value is -2.87. The Bertz CT molecular complexity index is 885. The van der Waals surface area contributed by atoms with E-state index >= 15 is 0 Å². The van der Waals surface area contributed by atoms with Gasteiger partial charge in [-0.2, -0.15) is 5.10 Å². The maximum Gasteiger partial charge on any atom is 0.410 e. The van der Waals surface area contributed by atoms with Crippen molar-refractivity contribution in [2.45, 2.75) is 38.5 Å². The maximum absolute atomic E-state index is 12.9. The monoisotopic (exact) mass is 400 g/mol. The third-order valence-corrected chi connectivity index (χ3v) is 4.90. The minimum absolute atomic E-state index is 0.136. The molecule has 2 heterocycles. The van der Waals surface area contributed by atoms with Crippen LogP contribution in [-0.4, -0.2) is 74.6 Å². The van der Waals surface area contributed by atoms with Gasteiger partial charge in [0.25, 0.3) is 5.91 Å². The lowest BCUT2D eigenvalue weighted by Gasteiger charge is -2.27. The lowest BCUT2D eigenvalue weighted by molar-refractivity contribution is 0.0268. The van der Waals surface area contributed by atoms with Gasteiger partial charge in [0.15, 0.2) is 0 Å². The summed E-state index contributed by atoms with van der Waals surface area (Å²) in [4.78, 5) is 28.1. The number of carbonyl (C=O) groups is 2. The number of likely N-dealkylation sites (tertiary alicyclic amines) is 1. The molecule has 0 radical (unpaired) electrons. The molecule has 0 saturated carbocycles.